The predicted molar refractivity (Wildman–Crippen MR) is 84.6 cm³/mol. The second kappa shape index (κ2) is 5.57. The summed E-state index contributed by atoms with van der Waals surface area (Å²) in [5, 5.41) is 7.21. The number of benzene rings is 1. The van der Waals surface area contributed by atoms with E-state index in [-0.39, 0.29) is 0 Å². The van der Waals surface area contributed by atoms with E-state index in [1.54, 1.807) is 0 Å². The molecule has 0 radical (unpaired) electrons. The first-order chi connectivity index (χ1) is 10.8. The zero-order valence-electron chi connectivity index (χ0n) is 12.7. The van der Waals surface area contributed by atoms with Crippen LogP contribution < -0.4 is 0 Å². The van der Waals surface area contributed by atoms with Crippen molar-refractivity contribution >= 4 is 11.1 Å². The molecular formula is C17H20N4O. The molecule has 2 aromatic heterocycles. The fourth-order valence-electron chi connectivity index (χ4n) is 3.22. The molecule has 0 aliphatic carbocycles. The minimum absolute atomic E-state index is 0.379. The molecule has 3 aromatic rings. The highest BCUT2D eigenvalue weighted by Gasteiger charge is 2.25. The molecular weight excluding hydrogens is 276 g/mol. The number of aromatic nitrogens is 3. The van der Waals surface area contributed by atoms with Crippen LogP contribution in [0.3, 0.4) is 0 Å². The number of oxazole rings is 1. The summed E-state index contributed by atoms with van der Waals surface area (Å²) in [6.07, 6.45) is 4.21. The molecule has 114 valence electrons. The van der Waals surface area contributed by atoms with Gasteiger partial charge in [0, 0.05) is 19.0 Å². The normalized spacial score (nSPS) is 19.8. The van der Waals surface area contributed by atoms with Crippen molar-refractivity contribution < 1.29 is 4.42 Å². The molecule has 5 heteroatoms. The standard InChI is InChI=1S/C17H20N4O/c1-12-9-18-20-15(12)11-21-8-4-5-13(10-21)17-19-14-6-2-3-7-16(14)22-17/h2-3,6-7,9,13H,4-5,8,10-11H2,1H3,(H,18,20). The van der Waals surface area contributed by atoms with E-state index < -0.39 is 0 Å². The lowest BCUT2D eigenvalue weighted by Crippen LogP contribution is -2.34. The van der Waals surface area contributed by atoms with E-state index in [2.05, 4.69) is 27.0 Å². The summed E-state index contributed by atoms with van der Waals surface area (Å²) in [5.41, 5.74) is 4.28. The van der Waals surface area contributed by atoms with Crippen LogP contribution in [0.2, 0.25) is 0 Å². The Labute approximate surface area is 129 Å². The molecule has 5 nitrogen and oxygen atoms in total. The van der Waals surface area contributed by atoms with Gasteiger partial charge in [0.15, 0.2) is 11.5 Å². The summed E-state index contributed by atoms with van der Waals surface area (Å²) in [6.45, 7) is 5.13. The zero-order chi connectivity index (χ0) is 14.9. The molecule has 4 rings (SSSR count). The molecule has 0 spiro atoms. The number of hydrogen-bond acceptors (Lipinski definition) is 4. The molecule has 3 heterocycles. The maximum atomic E-state index is 5.96. The number of rotatable bonds is 3. The molecule has 0 saturated carbocycles. The fraction of sp³-hybridized carbons (Fsp3) is 0.412. The highest BCUT2D eigenvalue weighted by atomic mass is 16.3. The van der Waals surface area contributed by atoms with Crippen molar-refractivity contribution in [1.82, 2.24) is 20.1 Å². The molecule has 1 fully saturated rings. The number of hydrogen-bond donors (Lipinski definition) is 1. The maximum Gasteiger partial charge on any atom is 0.199 e. The monoisotopic (exact) mass is 296 g/mol. The van der Waals surface area contributed by atoms with E-state index in [0.717, 1.165) is 43.0 Å². The number of para-hydroxylation sites is 2. The maximum absolute atomic E-state index is 5.96. The van der Waals surface area contributed by atoms with Gasteiger partial charge >= 0.3 is 0 Å². The van der Waals surface area contributed by atoms with E-state index in [9.17, 15) is 0 Å². The van der Waals surface area contributed by atoms with Gasteiger partial charge in [-0.2, -0.15) is 5.10 Å². The van der Waals surface area contributed by atoms with Crippen LogP contribution in [0, 0.1) is 6.92 Å². The second-order valence-electron chi connectivity index (χ2n) is 6.13. The summed E-state index contributed by atoms with van der Waals surface area (Å²) in [7, 11) is 0. The van der Waals surface area contributed by atoms with E-state index >= 15 is 0 Å². The molecule has 22 heavy (non-hydrogen) atoms. The molecule has 0 amide bonds. The third kappa shape index (κ3) is 2.52. The van der Waals surface area contributed by atoms with Gasteiger partial charge in [0.05, 0.1) is 11.9 Å². The van der Waals surface area contributed by atoms with Crippen molar-refractivity contribution in [3.05, 3.63) is 47.6 Å². The lowest BCUT2D eigenvalue weighted by Gasteiger charge is -2.30. The number of piperidine rings is 1. The predicted octanol–water partition coefficient (Wildman–Crippen LogP) is 3.24. The molecule has 1 N–H and O–H groups in total. The van der Waals surface area contributed by atoms with Crippen LogP contribution in [0.4, 0.5) is 0 Å². The van der Waals surface area contributed by atoms with Crippen LogP contribution in [-0.2, 0) is 6.54 Å². The van der Waals surface area contributed by atoms with Crippen LogP contribution in [0.25, 0.3) is 11.1 Å². The minimum Gasteiger partial charge on any atom is -0.440 e. The van der Waals surface area contributed by atoms with Gasteiger partial charge in [-0.25, -0.2) is 4.98 Å². The average Bonchev–Trinajstić information content (AvgIpc) is 3.14. The lowest BCUT2D eigenvalue weighted by molar-refractivity contribution is 0.185. The Hall–Kier alpha value is -2.14. The van der Waals surface area contributed by atoms with Crippen LogP contribution in [0.1, 0.15) is 35.9 Å². The van der Waals surface area contributed by atoms with E-state index in [1.807, 2.05) is 30.5 Å². The molecule has 1 aliphatic heterocycles. The number of aryl methyl sites for hydroxylation is 1. The molecule has 1 unspecified atom stereocenters. The Bertz CT molecular complexity index is 743. The topological polar surface area (TPSA) is 58.0 Å². The van der Waals surface area contributed by atoms with Crippen LogP contribution in [-0.4, -0.2) is 33.2 Å². The van der Waals surface area contributed by atoms with Crippen molar-refractivity contribution in [2.75, 3.05) is 13.1 Å². The van der Waals surface area contributed by atoms with Gasteiger partial charge in [-0.1, -0.05) is 12.1 Å². The van der Waals surface area contributed by atoms with Gasteiger partial charge in [-0.15, -0.1) is 0 Å². The Kier molecular flexibility index (Phi) is 3.42. The van der Waals surface area contributed by atoms with Gasteiger partial charge in [-0.3, -0.25) is 10.00 Å². The highest BCUT2D eigenvalue weighted by molar-refractivity contribution is 5.72. The van der Waals surface area contributed by atoms with Gasteiger partial charge in [-0.05, 0) is 44.0 Å². The van der Waals surface area contributed by atoms with Gasteiger partial charge in [0.25, 0.3) is 0 Å². The van der Waals surface area contributed by atoms with E-state index in [4.69, 9.17) is 4.42 Å². The lowest BCUT2D eigenvalue weighted by atomic mass is 9.98. The molecule has 1 aromatic carbocycles. The first-order valence-electron chi connectivity index (χ1n) is 7.86. The summed E-state index contributed by atoms with van der Waals surface area (Å²) in [4.78, 5) is 7.13. The largest absolute Gasteiger partial charge is 0.440 e. The highest BCUT2D eigenvalue weighted by Crippen LogP contribution is 2.29. The summed E-state index contributed by atoms with van der Waals surface area (Å²) in [6, 6.07) is 7.99. The third-order valence-corrected chi connectivity index (χ3v) is 4.48. The zero-order valence-corrected chi connectivity index (χ0v) is 12.7. The third-order valence-electron chi connectivity index (χ3n) is 4.48. The van der Waals surface area contributed by atoms with Gasteiger partial charge in [0.1, 0.15) is 5.52 Å². The van der Waals surface area contributed by atoms with Crippen molar-refractivity contribution in [3.63, 3.8) is 0 Å². The Morgan fingerprint density at radius 2 is 2.27 bits per heavy atom. The molecule has 0 bridgehead atoms. The first-order valence-corrected chi connectivity index (χ1v) is 7.86. The number of nitrogens with zero attached hydrogens (tertiary/aromatic N) is 3. The van der Waals surface area contributed by atoms with Crippen molar-refractivity contribution in [3.8, 4) is 0 Å². The minimum atomic E-state index is 0.379. The average molecular weight is 296 g/mol. The fourth-order valence-corrected chi connectivity index (χ4v) is 3.22. The number of nitrogens with one attached hydrogen (secondary N) is 1. The summed E-state index contributed by atoms with van der Waals surface area (Å²) in [5.74, 6) is 1.26. The number of aromatic amines is 1. The second-order valence-corrected chi connectivity index (χ2v) is 6.13. The Balaban J connectivity index is 1.51. The Morgan fingerprint density at radius 3 is 3.09 bits per heavy atom. The molecule has 1 saturated heterocycles. The van der Waals surface area contributed by atoms with Crippen molar-refractivity contribution in [2.24, 2.45) is 0 Å². The van der Waals surface area contributed by atoms with Gasteiger partial charge < -0.3 is 4.42 Å². The molecule has 1 atom stereocenters. The van der Waals surface area contributed by atoms with Crippen molar-refractivity contribution in [1.29, 1.82) is 0 Å². The number of likely N-dealkylation sites (tertiary alicyclic amines) is 1. The van der Waals surface area contributed by atoms with E-state index in [0.29, 0.717) is 5.92 Å². The van der Waals surface area contributed by atoms with E-state index in [1.165, 1.54) is 17.7 Å². The Morgan fingerprint density at radius 1 is 1.36 bits per heavy atom. The van der Waals surface area contributed by atoms with Gasteiger partial charge in [0.2, 0.25) is 0 Å². The first kappa shape index (κ1) is 13.5. The SMILES string of the molecule is Cc1cn[nH]c1CN1CCCC(c2nc3ccccc3o2)C1. The molecule has 1 aliphatic rings. The quantitative estimate of drug-likeness (QED) is 0.806. The van der Waals surface area contributed by atoms with Crippen molar-refractivity contribution in [2.45, 2.75) is 32.2 Å². The number of fused-ring (bicyclic) bond motifs is 1. The summed E-state index contributed by atoms with van der Waals surface area (Å²) < 4.78 is 5.96. The smallest absolute Gasteiger partial charge is 0.199 e. The van der Waals surface area contributed by atoms with Crippen LogP contribution in [0.15, 0.2) is 34.9 Å². The number of H-pyrrole nitrogens is 1. The summed E-state index contributed by atoms with van der Waals surface area (Å²) >= 11 is 0. The van der Waals surface area contributed by atoms with Crippen LogP contribution >= 0.6 is 0 Å². The van der Waals surface area contributed by atoms with Crippen LogP contribution in [0.5, 0.6) is 0 Å².